The van der Waals surface area contributed by atoms with E-state index in [0.717, 1.165) is 31.5 Å². The van der Waals surface area contributed by atoms with Gasteiger partial charge in [0.1, 0.15) is 0 Å². The fourth-order valence-electron chi connectivity index (χ4n) is 3.60. The Kier molecular flexibility index (Phi) is 5.76. The van der Waals surface area contributed by atoms with Crippen LogP contribution in [0.1, 0.15) is 25.3 Å². The van der Waals surface area contributed by atoms with Gasteiger partial charge in [0.2, 0.25) is 15.9 Å². The molecule has 1 aromatic carbocycles. The summed E-state index contributed by atoms with van der Waals surface area (Å²) in [5.74, 6) is 0.217. The van der Waals surface area contributed by atoms with Crippen molar-refractivity contribution in [3.63, 3.8) is 0 Å². The van der Waals surface area contributed by atoms with E-state index in [-0.39, 0.29) is 17.7 Å². The largest absolute Gasteiger partial charge is 0.341 e. The normalized spacial score (nSPS) is 21.4. The maximum Gasteiger partial charge on any atom is 0.239 e. The maximum atomic E-state index is 12.6. The van der Waals surface area contributed by atoms with Crippen LogP contribution in [0.2, 0.25) is 0 Å². The second kappa shape index (κ2) is 7.85. The van der Waals surface area contributed by atoms with E-state index in [1.165, 1.54) is 0 Å². The predicted molar refractivity (Wildman–Crippen MR) is 97.5 cm³/mol. The standard InChI is InChI=1S/C18H27N3O3S/c1-16(18(22)20-9-5-6-10-20)19-11-13-21(14-12-19)25(23,24)15-17-7-3-2-4-8-17/h2-4,7-8,16H,5-6,9-15H2,1H3/t16-/m1/s1. The molecule has 138 valence electrons. The Balaban J connectivity index is 1.55. The van der Waals surface area contributed by atoms with Gasteiger partial charge in [-0.25, -0.2) is 8.42 Å². The Morgan fingerprint density at radius 3 is 2.20 bits per heavy atom. The molecule has 0 spiro atoms. The van der Waals surface area contributed by atoms with E-state index in [1.807, 2.05) is 42.2 Å². The number of sulfonamides is 1. The number of benzene rings is 1. The smallest absolute Gasteiger partial charge is 0.239 e. The molecule has 2 fully saturated rings. The van der Waals surface area contributed by atoms with Crippen molar-refractivity contribution in [2.24, 2.45) is 0 Å². The number of carbonyl (C=O) groups is 1. The molecule has 3 rings (SSSR count). The SMILES string of the molecule is C[C@H](C(=O)N1CCCC1)N1CCN(S(=O)(=O)Cc2ccccc2)CC1. The number of rotatable bonds is 5. The summed E-state index contributed by atoms with van der Waals surface area (Å²) in [5, 5.41) is 0. The van der Waals surface area contributed by atoms with Gasteiger partial charge >= 0.3 is 0 Å². The molecule has 0 unspecified atom stereocenters. The highest BCUT2D eigenvalue weighted by Gasteiger charge is 2.33. The summed E-state index contributed by atoms with van der Waals surface area (Å²) < 4.78 is 26.8. The zero-order valence-corrected chi connectivity index (χ0v) is 15.6. The van der Waals surface area contributed by atoms with Crippen molar-refractivity contribution in [1.82, 2.24) is 14.1 Å². The average Bonchev–Trinajstić information content (AvgIpc) is 3.16. The third kappa shape index (κ3) is 4.40. The van der Waals surface area contributed by atoms with E-state index >= 15 is 0 Å². The van der Waals surface area contributed by atoms with Crippen LogP contribution in [0.3, 0.4) is 0 Å². The van der Waals surface area contributed by atoms with Crippen LogP contribution in [0.15, 0.2) is 30.3 Å². The van der Waals surface area contributed by atoms with Crippen LogP contribution in [0.4, 0.5) is 0 Å². The molecule has 7 heteroatoms. The van der Waals surface area contributed by atoms with Crippen molar-refractivity contribution >= 4 is 15.9 Å². The van der Waals surface area contributed by atoms with Crippen LogP contribution in [0.5, 0.6) is 0 Å². The molecule has 1 atom stereocenters. The molecule has 1 aromatic rings. The molecule has 0 saturated carbocycles. The van der Waals surface area contributed by atoms with E-state index < -0.39 is 10.0 Å². The first-order valence-corrected chi connectivity index (χ1v) is 10.6. The molecular weight excluding hydrogens is 338 g/mol. The monoisotopic (exact) mass is 365 g/mol. The lowest BCUT2D eigenvalue weighted by Crippen LogP contribution is -2.55. The first-order valence-electron chi connectivity index (χ1n) is 9.02. The van der Waals surface area contributed by atoms with E-state index in [2.05, 4.69) is 4.90 Å². The maximum absolute atomic E-state index is 12.6. The molecule has 2 saturated heterocycles. The van der Waals surface area contributed by atoms with Crippen LogP contribution in [0.25, 0.3) is 0 Å². The van der Waals surface area contributed by atoms with Gasteiger partial charge < -0.3 is 4.90 Å². The third-order valence-corrected chi connectivity index (χ3v) is 7.03. The molecule has 2 heterocycles. The molecule has 6 nitrogen and oxygen atoms in total. The molecule has 1 amide bonds. The van der Waals surface area contributed by atoms with Crippen LogP contribution in [-0.4, -0.2) is 73.7 Å². The van der Waals surface area contributed by atoms with Gasteiger partial charge in [-0.1, -0.05) is 30.3 Å². The van der Waals surface area contributed by atoms with Gasteiger partial charge in [-0.15, -0.1) is 0 Å². The molecule has 0 radical (unpaired) electrons. The lowest BCUT2D eigenvalue weighted by molar-refractivity contribution is -0.135. The van der Waals surface area contributed by atoms with Crippen LogP contribution >= 0.6 is 0 Å². The number of nitrogens with zero attached hydrogens (tertiary/aromatic N) is 3. The van der Waals surface area contributed by atoms with E-state index in [9.17, 15) is 13.2 Å². The van der Waals surface area contributed by atoms with Gasteiger partial charge in [-0.3, -0.25) is 9.69 Å². The second-order valence-corrected chi connectivity index (χ2v) is 8.85. The van der Waals surface area contributed by atoms with Crippen molar-refractivity contribution in [2.75, 3.05) is 39.3 Å². The van der Waals surface area contributed by atoms with Crippen LogP contribution in [0, 0.1) is 0 Å². The summed E-state index contributed by atoms with van der Waals surface area (Å²) in [6, 6.07) is 9.10. The van der Waals surface area contributed by atoms with Gasteiger partial charge in [0.05, 0.1) is 11.8 Å². The number of hydrogen-bond acceptors (Lipinski definition) is 4. The molecule has 25 heavy (non-hydrogen) atoms. The first kappa shape index (κ1) is 18.4. The van der Waals surface area contributed by atoms with E-state index in [0.29, 0.717) is 26.2 Å². The van der Waals surface area contributed by atoms with Crippen molar-refractivity contribution in [1.29, 1.82) is 0 Å². The molecule has 0 N–H and O–H groups in total. The lowest BCUT2D eigenvalue weighted by Gasteiger charge is -2.37. The van der Waals surface area contributed by atoms with Crippen LogP contribution < -0.4 is 0 Å². The summed E-state index contributed by atoms with van der Waals surface area (Å²) in [6.07, 6.45) is 2.17. The molecule has 2 aliphatic heterocycles. The Morgan fingerprint density at radius 1 is 1.00 bits per heavy atom. The second-order valence-electron chi connectivity index (χ2n) is 6.89. The van der Waals surface area contributed by atoms with Crippen molar-refractivity contribution in [3.8, 4) is 0 Å². The summed E-state index contributed by atoms with van der Waals surface area (Å²) >= 11 is 0. The first-order chi connectivity index (χ1) is 12.0. The highest BCUT2D eigenvalue weighted by atomic mass is 32.2. The average molecular weight is 365 g/mol. The van der Waals surface area contributed by atoms with Crippen molar-refractivity contribution in [3.05, 3.63) is 35.9 Å². The topological polar surface area (TPSA) is 60.9 Å². The lowest BCUT2D eigenvalue weighted by atomic mass is 10.2. The molecule has 0 bridgehead atoms. The quantitative estimate of drug-likeness (QED) is 0.785. The molecule has 2 aliphatic rings. The summed E-state index contributed by atoms with van der Waals surface area (Å²) in [4.78, 5) is 16.6. The number of carbonyl (C=O) groups excluding carboxylic acids is 1. The fraction of sp³-hybridized carbons (Fsp3) is 0.611. The van der Waals surface area contributed by atoms with Gasteiger partial charge in [0, 0.05) is 39.3 Å². The van der Waals surface area contributed by atoms with E-state index in [4.69, 9.17) is 0 Å². The zero-order chi connectivity index (χ0) is 17.9. The molecule has 0 aliphatic carbocycles. The van der Waals surface area contributed by atoms with E-state index in [1.54, 1.807) is 4.31 Å². The number of likely N-dealkylation sites (tertiary alicyclic amines) is 1. The number of piperazine rings is 1. The zero-order valence-electron chi connectivity index (χ0n) is 14.8. The summed E-state index contributed by atoms with van der Waals surface area (Å²) in [6.45, 7) is 5.76. The Bertz CT molecular complexity index is 679. The van der Waals surface area contributed by atoms with Gasteiger partial charge in [0.15, 0.2) is 0 Å². The van der Waals surface area contributed by atoms with Crippen LogP contribution in [-0.2, 0) is 20.6 Å². The van der Waals surface area contributed by atoms with Gasteiger partial charge in [-0.05, 0) is 25.3 Å². The fourth-order valence-corrected chi connectivity index (χ4v) is 5.12. The summed E-state index contributed by atoms with van der Waals surface area (Å²) in [7, 11) is -3.31. The highest BCUT2D eigenvalue weighted by molar-refractivity contribution is 7.88. The minimum Gasteiger partial charge on any atom is -0.341 e. The van der Waals surface area contributed by atoms with Crippen molar-refractivity contribution in [2.45, 2.75) is 31.6 Å². The molecular formula is C18H27N3O3S. The third-order valence-electron chi connectivity index (χ3n) is 5.18. The Morgan fingerprint density at radius 2 is 1.60 bits per heavy atom. The predicted octanol–water partition coefficient (Wildman–Crippen LogP) is 1.14. The Labute approximate surface area is 150 Å². The highest BCUT2D eigenvalue weighted by Crippen LogP contribution is 2.17. The molecule has 0 aromatic heterocycles. The van der Waals surface area contributed by atoms with Crippen molar-refractivity contribution < 1.29 is 13.2 Å². The summed E-state index contributed by atoms with van der Waals surface area (Å²) in [5.41, 5.74) is 0.808. The Hall–Kier alpha value is -1.44. The minimum absolute atomic E-state index is 0.0378. The minimum atomic E-state index is -3.31. The van der Waals surface area contributed by atoms with Gasteiger partial charge in [0.25, 0.3) is 0 Å². The number of amides is 1. The number of hydrogen-bond donors (Lipinski definition) is 0. The van der Waals surface area contributed by atoms with Gasteiger partial charge in [-0.2, -0.15) is 4.31 Å².